The molecule has 1 saturated carbocycles. The van der Waals surface area contributed by atoms with Crippen LogP contribution in [0.15, 0.2) is 28.0 Å². The number of sulfone groups is 1. The number of hydrogen-bond acceptors (Lipinski definition) is 6. The minimum Gasteiger partial charge on any atom is -0.478 e. The highest BCUT2D eigenvalue weighted by atomic mass is 35.5. The summed E-state index contributed by atoms with van der Waals surface area (Å²) in [7, 11) is -3.93. The monoisotopic (exact) mass is 509 g/mol. The van der Waals surface area contributed by atoms with Gasteiger partial charge in [0.15, 0.2) is 9.84 Å². The van der Waals surface area contributed by atoms with E-state index < -0.39 is 38.3 Å². The van der Waals surface area contributed by atoms with Gasteiger partial charge in [-0.2, -0.15) is 0 Å². The molecule has 1 amide bonds. The molecular weight excluding hydrogens is 486 g/mol. The first kappa shape index (κ1) is 24.1. The summed E-state index contributed by atoms with van der Waals surface area (Å²) < 4.78 is 32.2. The molecule has 1 aliphatic rings. The van der Waals surface area contributed by atoms with E-state index in [0.29, 0.717) is 12.8 Å². The zero-order chi connectivity index (χ0) is 25.0. The number of fused-ring (bicyclic) bond motifs is 3. The van der Waals surface area contributed by atoms with E-state index in [1.54, 1.807) is 20.8 Å². The molecule has 182 valence electrons. The second-order valence-corrected chi connectivity index (χ2v) is 12.0. The first-order valence-electron chi connectivity index (χ1n) is 10.6. The highest BCUT2D eigenvalue weighted by Gasteiger charge is 2.38. The number of ether oxygens (including phenoxy) is 1. The van der Waals surface area contributed by atoms with Crippen LogP contribution >= 0.6 is 11.6 Å². The Morgan fingerprint density at radius 2 is 1.94 bits per heavy atom. The van der Waals surface area contributed by atoms with Crippen molar-refractivity contribution < 1.29 is 27.9 Å². The number of amides is 1. The number of rotatable bonds is 4. The number of alkyl carbamates (subject to hydrolysis) is 1. The lowest BCUT2D eigenvalue weighted by atomic mass is 10.1. The number of aromatic carboxylic acids is 1. The Balaban J connectivity index is 1.71. The van der Waals surface area contributed by atoms with Gasteiger partial charge in [-0.15, -0.1) is 0 Å². The van der Waals surface area contributed by atoms with Crippen LogP contribution in [0.2, 0.25) is 5.02 Å². The third kappa shape index (κ3) is 4.37. The minimum atomic E-state index is -3.93. The summed E-state index contributed by atoms with van der Waals surface area (Å²) in [6, 6.07) is 2.25. The molecule has 0 aliphatic heterocycles. The summed E-state index contributed by atoms with van der Waals surface area (Å²) in [4.78, 5) is 41.2. The van der Waals surface area contributed by atoms with Crippen molar-refractivity contribution in [3.8, 4) is 0 Å². The maximum absolute atomic E-state index is 13.5. The van der Waals surface area contributed by atoms with Crippen LogP contribution in [0.1, 0.15) is 50.4 Å². The van der Waals surface area contributed by atoms with Gasteiger partial charge in [0.2, 0.25) is 0 Å². The Bertz CT molecular complexity index is 1480. The molecule has 12 heteroatoms. The SMILES string of the molecule is CC(C)(C)OC(=O)NC1CC[C@H](S(=O)(=O)c2cc3c(cc2Cl)[nH]c(=O)c2[nH]cc(C(=O)O)c23)C1. The average Bonchev–Trinajstić information content (AvgIpc) is 3.34. The van der Waals surface area contributed by atoms with Crippen LogP contribution in [-0.2, 0) is 14.6 Å². The molecule has 0 bridgehead atoms. The number of benzene rings is 1. The number of hydrogen-bond donors (Lipinski definition) is 4. The zero-order valence-corrected chi connectivity index (χ0v) is 20.3. The van der Waals surface area contributed by atoms with Crippen molar-refractivity contribution in [3.05, 3.63) is 39.3 Å². The molecule has 0 spiro atoms. The van der Waals surface area contributed by atoms with Gasteiger partial charge in [-0.25, -0.2) is 18.0 Å². The fourth-order valence-electron chi connectivity index (χ4n) is 4.32. The maximum atomic E-state index is 13.5. The van der Waals surface area contributed by atoms with Gasteiger partial charge in [0.25, 0.3) is 5.56 Å². The molecule has 2 heterocycles. The van der Waals surface area contributed by atoms with Crippen molar-refractivity contribution in [2.45, 2.75) is 61.8 Å². The van der Waals surface area contributed by atoms with Gasteiger partial charge >= 0.3 is 12.1 Å². The molecular formula is C22H24ClN3O7S. The van der Waals surface area contributed by atoms with Gasteiger partial charge in [0.05, 0.1) is 26.2 Å². The Hall–Kier alpha value is -3.05. The number of pyridine rings is 1. The molecule has 3 aromatic rings. The van der Waals surface area contributed by atoms with E-state index in [4.69, 9.17) is 16.3 Å². The lowest BCUT2D eigenvalue weighted by Crippen LogP contribution is -2.38. The molecule has 10 nitrogen and oxygen atoms in total. The average molecular weight is 510 g/mol. The van der Waals surface area contributed by atoms with Gasteiger partial charge in [0.1, 0.15) is 11.1 Å². The molecule has 2 aromatic heterocycles. The first-order chi connectivity index (χ1) is 15.8. The summed E-state index contributed by atoms with van der Waals surface area (Å²) in [5.41, 5.74) is -1.13. The second kappa shape index (κ2) is 8.31. The minimum absolute atomic E-state index is 0.0260. The topological polar surface area (TPSA) is 158 Å². The van der Waals surface area contributed by atoms with Crippen molar-refractivity contribution in [3.63, 3.8) is 0 Å². The van der Waals surface area contributed by atoms with Crippen molar-refractivity contribution in [1.82, 2.24) is 15.3 Å². The molecule has 34 heavy (non-hydrogen) atoms. The molecule has 0 saturated heterocycles. The normalized spacial score (nSPS) is 18.9. The van der Waals surface area contributed by atoms with E-state index in [1.165, 1.54) is 18.3 Å². The van der Waals surface area contributed by atoms with Crippen LogP contribution in [0.4, 0.5) is 4.79 Å². The van der Waals surface area contributed by atoms with Crippen molar-refractivity contribution in [2.24, 2.45) is 0 Å². The fraction of sp³-hybridized carbons (Fsp3) is 0.409. The predicted molar refractivity (Wildman–Crippen MR) is 126 cm³/mol. The molecule has 0 radical (unpaired) electrons. The number of carbonyl (C=O) groups is 2. The highest BCUT2D eigenvalue weighted by molar-refractivity contribution is 7.92. The van der Waals surface area contributed by atoms with Gasteiger partial charge in [-0.05, 0) is 52.2 Å². The lowest BCUT2D eigenvalue weighted by Gasteiger charge is -2.21. The van der Waals surface area contributed by atoms with Crippen LogP contribution in [0.5, 0.6) is 0 Å². The van der Waals surface area contributed by atoms with Crippen molar-refractivity contribution in [1.29, 1.82) is 0 Å². The summed E-state index contributed by atoms with van der Waals surface area (Å²) in [6.45, 7) is 5.21. The Morgan fingerprint density at radius 1 is 1.24 bits per heavy atom. The number of H-pyrrole nitrogens is 2. The Kier molecular flexibility index (Phi) is 5.89. The van der Waals surface area contributed by atoms with E-state index in [-0.39, 0.29) is 49.8 Å². The molecule has 1 aliphatic carbocycles. The van der Waals surface area contributed by atoms with E-state index in [1.807, 2.05) is 0 Å². The fourth-order valence-corrected chi connectivity index (χ4v) is 6.71. The van der Waals surface area contributed by atoms with E-state index in [0.717, 1.165) is 0 Å². The standard InChI is InChI=1S/C22H24ClN3O7S/c1-22(2,3)33-21(30)25-10-4-5-11(6-10)34(31,32)16-7-12-15(8-14(16)23)26-19(27)18-17(12)13(9-24-18)20(28)29/h7-11,24H,4-6H2,1-3H3,(H,25,30)(H,26,27)(H,28,29)/t10?,11-/m0/s1. The third-order valence-corrected chi connectivity index (χ3v) is 8.46. The largest absolute Gasteiger partial charge is 0.478 e. The van der Waals surface area contributed by atoms with E-state index >= 15 is 0 Å². The van der Waals surface area contributed by atoms with E-state index in [2.05, 4.69) is 15.3 Å². The van der Waals surface area contributed by atoms with Crippen LogP contribution < -0.4 is 10.9 Å². The zero-order valence-electron chi connectivity index (χ0n) is 18.7. The number of carbonyl (C=O) groups excluding carboxylic acids is 1. The van der Waals surface area contributed by atoms with Gasteiger partial charge in [0, 0.05) is 23.0 Å². The number of nitrogens with one attached hydrogen (secondary N) is 3. The summed E-state index contributed by atoms with van der Waals surface area (Å²) in [6.07, 6.45) is 1.52. The molecule has 4 N–H and O–H groups in total. The quantitative estimate of drug-likeness (QED) is 0.418. The van der Waals surface area contributed by atoms with Crippen molar-refractivity contribution in [2.75, 3.05) is 0 Å². The number of aromatic nitrogens is 2. The maximum Gasteiger partial charge on any atom is 0.407 e. The van der Waals surface area contributed by atoms with Crippen molar-refractivity contribution >= 4 is 55.3 Å². The number of carboxylic acid groups (broad SMARTS) is 1. The number of halogens is 1. The number of aromatic amines is 2. The summed E-state index contributed by atoms with van der Waals surface area (Å²) >= 11 is 6.32. The summed E-state index contributed by atoms with van der Waals surface area (Å²) in [5.74, 6) is -1.26. The second-order valence-electron chi connectivity index (χ2n) is 9.36. The van der Waals surface area contributed by atoms with E-state index in [9.17, 15) is 27.9 Å². The first-order valence-corrected chi connectivity index (χ1v) is 12.5. The highest BCUT2D eigenvalue weighted by Crippen LogP contribution is 2.37. The van der Waals surface area contributed by atoms with Gasteiger partial charge < -0.3 is 25.1 Å². The molecule has 4 rings (SSSR count). The molecule has 1 fully saturated rings. The third-order valence-electron chi connectivity index (χ3n) is 5.78. The lowest BCUT2D eigenvalue weighted by molar-refractivity contribution is 0.0505. The van der Waals surface area contributed by atoms with Gasteiger partial charge in [-0.3, -0.25) is 4.79 Å². The smallest absolute Gasteiger partial charge is 0.407 e. The molecule has 2 atom stereocenters. The van der Waals surface area contributed by atoms with Crippen LogP contribution in [0, 0.1) is 0 Å². The molecule has 1 unspecified atom stereocenters. The summed E-state index contributed by atoms with van der Waals surface area (Å²) in [5, 5.41) is 11.7. The predicted octanol–water partition coefficient (Wildman–Crippen LogP) is 3.58. The molecule has 1 aromatic carbocycles. The van der Waals surface area contributed by atoms with Gasteiger partial charge in [-0.1, -0.05) is 11.6 Å². The Labute approximate surface area is 199 Å². The van der Waals surface area contributed by atoms with Crippen LogP contribution in [0.3, 0.4) is 0 Å². The van der Waals surface area contributed by atoms with Crippen LogP contribution in [0.25, 0.3) is 21.8 Å². The van der Waals surface area contributed by atoms with Crippen LogP contribution in [-0.4, -0.2) is 52.4 Å². The number of carboxylic acids is 1. The Morgan fingerprint density at radius 3 is 2.59 bits per heavy atom.